The fourth-order valence-corrected chi connectivity index (χ4v) is 1.59. The second-order valence-electron chi connectivity index (χ2n) is 3.27. The maximum atomic E-state index is 11.2. The second kappa shape index (κ2) is 5.67. The zero-order valence-electron chi connectivity index (χ0n) is 8.78. The number of carbonyl (C=O) groups excluding carboxylic acids is 1. The quantitative estimate of drug-likeness (QED) is 0.709. The van der Waals surface area contributed by atoms with Gasteiger partial charge in [-0.15, -0.1) is 11.3 Å². The van der Waals surface area contributed by atoms with E-state index in [2.05, 4.69) is 15.6 Å². The molecule has 1 aromatic rings. The van der Waals surface area contributed by atoms with E-state index in [1.165, 1.54) is 0 Å². The zero-order chi connectivity index (χ0) is 11.3. The fraction of sp³-hybridized carbons (Fsp3) is 0.556. The number of hydrogen-bond donors (Lipinski definition) is 3. The Hall–Kier alpha value is -1.14. The molecule has 0 bridgehead atoms. The monoisotopic (exact) mass is 229 g/mol. The van der Waals surface area contributed by atoms with E-state index < -0.39 is 0 Å². The number of nitrogens with zero attached hydrogens (tertiary/aromatic N) is 1. The Kier molecular flexibility index (Phi) is 4.51. The summed E-state index contributed by atoms with van der Waals surface area (Å²) in [5, 5.41) is 16.9. The maximum absolute atomic E-state index is 11.2. The molecule has 0 aliphatic heterocycles. The molecule has 1 heterocycles. The molecule has 0 unspecified atom stereocenters. The first-order valence-electron chi connectivity index (χ1n) is 4.68. The van der Waals surface area contributed by atoms with Gasteiger partial charge in [0.15, 0.2) is 0 Å². The topological polar surface area (TPSA) is 74.2 Å². The third-order valence-electron chi connectivity index (χ3n) is 1.75. The van der Waals surface area contributed by atoms with Crippen LogP contribution >= 0.6 is 11.3 Å². The molecular weight excluding hydrogens is 214 g/mol. The number of aliphatic hydroxyl groups excluding tert-OH is 1. The molecule has 6 heteroatoms. The normalized spacial score (nSPS) is 12.2. The predicted molar refractivity (Wildman–Crippen MR) is 58.8 cm³/mol. The summed E-state index contributed by atoms with van der Waals surface area (Å²) in [6.45, 7) is 3.99. The lowest BCUT2D eigenvalue weighted by Gasteiger charge is -2.10. The van der Waals surface area contributed by atoms with E-state index in [1.54, 1.807) is 18.3 Å². The van der Waals surface area contributed by atoms with Gasteiger partial charge < -0.3 is 15.7 Å². The highest BCUT2D eigenvalue weighted by atomic mass is 32.1. The van der Waals surface area contributed by atoms with Crippen LogP contribution < -0.4 is 10.6 Å². The van der Waals surface area contributed by atoms with E-state index in [4.69, 9.17) is 5.11 Å². The van der Waals surface area contributed by atoms with Crippen LogP contribution in [0.15, 0.2) is 5.38 Å². The summed E-state index contributed by atoms with van der Waals surface area (Å²) >= 11 is 1.55. The van der Waals surface area contributed by atoms with Gasteiger partial charge in [0, 0.05) is 5.38 Å². The molecule has 0 aliphatic carbocycles. The van der Waals surface area contributed by atoms with E-state index in [0.717, 1.165) is 10.7 Å². The van der Waals surface area contributed by atoms with Crippen LogP contribution in [-0.2, 0) is 6.54 Å². The van der Waals surface area contributed by atoms with Crippen LogP contribution in [-0.4, -0.2) is 28.8 Å². The smallest absolute Gasteiger partial charge is 0.315 e. The van der Waals surface area contributed by atoms with Gasteiger partial charge in [-0.25, -0.2) is 9.78 Å². The minimum Gasteiger partial charge on any atom is -0.394 e. The molecule has 1 aromatic heterocycles. The summed E-state index contributed by atoms with van der Waals surface area (Å²) in [6, 6.07) is -0.524. The predicted octanol–water partition coefficient (Wildman–Crippen LogP) is 0.632. The molecule has 5 nitrogen and oxygen atoms in total. The van der Waals surface area contributed by atoms with Gasteiger partial charge >= 0.3 is 6.03 Å². The number of carbonyl (C=O) groups is 1. The number of rotatable bonds is 4. The van der Waals surface area contributed by atoms with Gasteiger partial charge in [-0.05, 0) is 13.8 Å². The van der Waals surface area contributed by atoms with Crippen LogP contribution in [0.3, 0.4) is 0 Å². The number of aromatic nitrogens is 1. The minimum atomic E-state index is -0.290. The largest absolute Gasteiger partial charge is 0.394 e. The highest BCUT2D eigenvalue weighted by Gasteiger charge is 2.05. The highest BCUT2D eigenvalue weighted by molar-refractivity contribution is 7.09. The Morgan fingerprint density at radius 1 is 1.73 bits per heavy atom. The first-order valence-corrected chi connectivity index (χ1v) is 5.56. The standard InChI is InChI=1S/C9H15N3O2S/c1-6(4-13)11-9(14)10-3-8-5-15-7(2)12-8/h5-6,13H,3-4H2,1-2H3,(H2,10,11,14)/t6-/m0/s1. The van der Waals surface area contributed by atoms with Gasteiger partial charge in [0.25, 0.3) is 0 Å². The summed E-state index contributed by atoms with van der Waals surface area (Å²) in [4.78, 5) is 15.4. The van der Waals surface area contributed by atoms with Crippen molar-refractivity contribution in [2.24, 2.45) is 0 Å². The number of aliphatic hydroxyl groups is 1. The highest BCUT2D eigenvalue weighted by Crippen LogP contribution is 2.06. The Morgan fingerprint density at radius 3 is 3.00 bits per heavy atom. The van der Waals surface area contributed by atoms with Gasteiger partial charge in [-0.3, -0.25) is 0 Å². The number of urea groups is 1. The molecular formula is C9H15N3O2S. The van der Waals surface area contributed by atoms with Crippen molar-refractivity contribution < 1.29 is 9.90 Å². The van der Waals surface area contributed by atoms with Crippen LogP contribution in [0.1, 0.15) is 17.6 Å². The Bertz CT molecular complexity index is 327. The van der Waals surface area contributed by atoms with Crippen molar-refractivity contribution in [2.75, 3.05) is 6.61 Å². The molecule has 3 N–H and O–H groups in total. The van der Waals surface area contributed by atoms with E-state index in [9.17, 15) is 4.79 Å². The molecule has 84 valence electrons. The van der Waals surface area contributed by atoms with Crippen molar-refractivity contribution in [3.8, 4) is 0 Å². The summed E-state index contributed by atoms with van der Waals surface area (Å²) < 4.78 is 0. The molecule has 0 spiro atoms. The van der Waals surface area contributed by atoms with Crippen molar-refractivity contribution in [2.45, 2.75) is 26.4 Å². The molecule has 0 aliphatic rings. The third-order valence-corrected chi connectivity index (χ3v) is 2.57. The van der Waals surface area contributed by atoms with E-state index in [-0.39, 0.29) is 18.7 Å². The molecule has 0 radical (unpaired) electrons. The van der Waals surface area contributed by atoms with Crippen LogP contribution in [0.25, 0.3) is 0 Å². The molecule has 0 saturated heterocycles. The fourth-order valence-electron chi connectivity index (χ4n) is 0.981. The number of nitrogens with one attached hydrogen (secondary N) is 2. The molecule has 15 heavy (non-hydrogen) atoms. The van der Waals surface area contributed by atoms with Crippen molar-refractivity contribution in [1.29, 1.82) is 0 Å². The van der Waals surface area contributed by atoms with E-state index in [0.29, 0.717) is 6.54 Å². The van der Waals surface area contributed by atoms with Crippen LogP contribution in [0.4, 0.5) is 4.79 Å². The molecule has 1 atom stereocenters. The van der Waals surface area contributed by atoms with Crippen molar-refractivity contribution >= 4 is 17.4 Å². The van der Waals surface area contributed by atoms with Crippen molar-refractivity contribution in [3.63, 3.8) is 0 Å². The lowest BCUT2D eigenvalue weighted by molar-refractivity contribution is 0.220. The van der Waals surface area contributed by atoms with E-state index in [1.807, 2.05) is 12.3 Å². The Labute approximate surface area is 92.5 Å². The zero-order valence-corrected chi connectivity index (χ0v) is 9.60. The molecule has 2 amide bonds. The number of aryl methyl sites for hydroxylation is 1. The average Bonchev–Trinajstić information content (AvgIpc) is 2.61. The SMILES string of the molecule is Cc1nc(CNC(=O)N[C@@H](C)CO)cs1. The van der Waals surface area contributed by atoms with Gasteiger partial charge in [0.05, 0.1) is 29.9 Å². The molecule has 0 saturated carbocycles. The summed E-state index contributed by atoms with van der Waals surface area (Å²) in [6.07, 6.45) is 0. The lowest BCUT2D eigenvalue weighted by atomic mass is 10.4. The summed E-state index contributed by atoms with van der Waals surface area (Å²) in [5.41, 5.74) is 0.851. The van der Waals surface area contributed by atoms with E-state index >= 15 is 0 Å². The molecule has 1 rings (SSSR count). The average molecular weight is 229 g/mol. The van der Waals surface area contributed by atoms with Gasteiger partial charge in [-0.1, -0.05) is 0 Å². The van der Waals surface area contributed by atoms with Gasteiger partial charge in [0.2, 0.25) is 0 Å². The lowest BCUT2D eigenvalue weighted by Crippen LogP contribution is -2.41. The van der Waals surface area contributed by atoms with Crippen LogP contribution in [0, 0.1) is 6.92 Å². The maximum Gasteiger partial charge on any atom is 0.315 e. The number of hydrogen-bond acceptors (Lipinski definition) is 4. The number of thiazole rings is 1. The van der Waals surface area contributed by atoms with Gasteiger partial charge in [-0.2, -0.15) is 0 Å². The Morgan fingerprint density at radius 2 is 2.47 bits per heavy atom. The third kappa shape index (κ3) is 4.26. The first kappa shape index (κ1) is 11.9. The summed E-state index contributed by atoms with van der Waals surface area (Å²) in [7, 11) is 0. The molecule has 0 fully saturated rings. The summed E-state index contributed by atoms with van der Waals surface area (Å²) in [5.74, 6) is 0. The van der Waals surface area contributed by atoms with Gasteiger partial charge in [0.1, 0.15) is 0 Å². The Balaban J connectivity index is 2.28. The van der Waals surface area contributed by atoms with Crippen LogP contribution in [0.2, 0.25) is 0 Å². The van der Waals surface area contributed by atoms with Crippen LogP contribution in [0.5, 0.6) is 0 Å². The number of amides is 2. The first-order chi connectivity index (χ1) is 7.11. The van der Waals surface area contributed by atoms with Crippen molar-refractivity contribution in [1.82, 2.24) is 15.6 Å². The molecule has 0 aromatic carbocycles. The second-order valence-corrected chi connectivity index (χ2v) is 4.33. The minimum absolute atomic E-state index is 0.0662. The van der Waals surface area contributed by atoms with Crippen molar-refractivity contribution in [3.05, 3.63) is 16.1 Å².